The molecule has 0 bridgehead atoms. The Labute approximate surface area is 150 Å². The first-order chi connectivity index (χ1) is 11.8. The molecule has 2 heterocycles. The minimum absolute atomic E-state index is 0.0223. The first-order valence-electron chi connectivity index (χ1n) is 7.30. The summed E-state index contributed by atoms with van der Waals surface area (Å²) in [6.45, 7) is 1.77. The van der Waals surface area contributed by atoms with E-state index in [1.54, 1.807) is 13.0 Å². The van der Waals surface area contributed by atoms with Crippen molar-refractivity contribution in [2.75, 3.05) is 0 Å². The molecule has 0 aliphatic rings. The van der Waals surface area contributed by atoms with Crippen LogP contribution in [0.15, 0.2) is 41.8 Å². The van der Waals surface area contributed by atoms with Gasteiger partial charge in [-0.25, -0.2) is 4.98 Å². The summed E-state index contributed by atoms with van der Waals surface area (Å²) < 4.78 is 38.2. The second-order valence-corrected chi connectivity index (χ2v) is 7.24. The van der Waals surface area contributed by atoms with Crippen molar-refractivity contribution in [2.45, 2.75) is 19.6 Å². The minimum atomic E-state index is -4.40. The zero-order valence-electron chi connectivity index (χ0n) is 13.1. The molecular weight excluding hydrogens is 369 g/mol. The lowest BCUT2D eigenvalue weighted by Crippen LogP contribution is -2.22. The topological polar surface area (TPSA) is 42.0 Å². The summed E-state index contributed by atoms with van der Waals surface area (Å²) in [4.78, 5) is 18.2. The van der Waals surface area contributed by atoms with E-state index in [-0.39, 0.29) is 12.5 Å². The number of nitrogens with one attached hydrogen (secondary N) is 1. The zero-order chi connectivity index (χ0) is 18.0. The fourth-order valence-corrected chi connectivity index (χ4v) is 4.01. The van der Waals surface area contributed by atoms with Crippen LogP contribution >= 0.6 is 22.7 Å². The van der Waals surface area contributed by atoms with Crippen LogP contribution < -0.4 is 5.32 Å². The predicted octanol–water partition coefficient (Wildman–Crippen LogP) is 5.13. The van der Waals surface area contributed by atoms with Crippen molar-refractivity contribution in [1.29, 1.82) is 0 Å². The summed E-state index contributed by atoms with van der Waals surface area (Å²) in [7, 11) is 0. The third-order valence-corrected chi connectivity index (χ3v) is 5.64. The van der Waals surface area contributed by atoms with E-state index >= 15 is 0 Å². The molecule has 2 aromatic heterocycles. The van der Waals surface area contributed by atoms with Crippen molar-refractivity contribution in [2.24, 2.45) is 0 Å². The number of thiazole rings is 1. The average molecular weight is 382 g/mol. The molecule has 0 unspecified atom stereocenters. The summed E-state index contributed by atoms with van der Waals surface area (Å²) in [5, 5.41) is 5.35. The number of aryl methyl sites for hydroxylation is 1. The predicted molar refractivity (Wildman–Crippen MR) is 92.8 cm³/mol. The Kier molecular flexibility index (Phi) is 4.91. The van der Waals surface area contributed by atoms with Crippen LogP contribution in [-0.4, -0.2) is 10.9 Å². The maximum absolute atomic E-state index is 12.7. The highest BCUT2D eigenvalue weighted by molar-refractivity contribution is 7.22. The van der Waals surface area contributed by atoms with Gasteiger partial charge in [0.1, 0.15) is 9.88 Å². The Morgan fingerprint density at radius 2 is 2.04 bits per heavy atom. The number of thiophene rings is 1. The zero-order valence-corrected chi connectivity index (χ0v) is 14.7. The smallest absolute Gasteiger partial charge is 0.347 e. The molecule has 130 valence electrons. The quantitative estimate of drug-likeness (QED) is 0.680. The van der Waals surface area contributed by atoms with E-state index in [4.69, 9.17) is 0 Å². The molecule has 3 aromatic rings. The highest BCUT2D eigenvalue weighted by atomic mass is 32.1. The van der Waals surface area contributed by atoms with Crippen molar-refractivity contribution in [3.05, 3.63) is 63.5 Å². The van der Waals surface area contributed by atoms with E-state index in [1.807, 2.05) is 17.5 Å². The fourth-order valence-electron chi connectivity index (χ4n) is 2.23. The largest absolute Gasteiger partial charge is 0.416 e. The molecule has 3 nitrogen and oxygen atoms in total. The van der Waals surface area contributed by atoms with Gasteiger partial charge in [0.25, 0.3) is 5.91 Å². The lowest BCUT2D eigenvalue weighted by Gasteiger charge is -2.09. The molecular formula is C17H13F3N2OS2. The van der Waals surface area contributed by atoms with Gasteiger partial charge in [0, 0.05) is 6.54 Å². The number of amides is 1. The maximum Gasteiger partial charge on any atom is 0.416 e. The molecule has 0 atom stereocenters. The van der Waals surface area contributed by atoms with Gasteiger partial charge in [-0.3, -0.25) is 4.79 Å². The molecule has 0 aliphatic heterocycles. The summed E-state index contributed by atoms with van der Waals surface area (Å²) in [6.07, 6.45) is -4.40. The van der Waals surface area contributed by atoms with Crippen LogP contribution in [-0.2, 0) is 12.7 Å². The highest BCUT2D eigenvalue weighted by Crippen LogP contribution is 2.31. The SMILES string of the molecule is Cc1nc(-c2cccs2)sc1C(=O)NCc1cccc(C(F)(F)F)c1. The van der Waals surface area contributed by atoms with Gasteiger partial charge in [0.05, 0.1) is 16.1 Å². The third-order valence-electron chi connectivity index (χ3n) is 3.44. The van der Waals surface area contributed by atoms with Gasteiger partial charge in [0.2, 0.25) is 0 Å². The second kappa shape index (κ2) is 6.97. The summed E-state index contributed by atoms with van der Waals surface area (Å²) >= 11 is 2.81. The minimum Gasteiger partial charge on any atom is -0.347 e. The Morgan fingerprint density at radius 3 is 2.72 bits per heavy atom. The molecule has 0 fully saturated rings. The van der Waals surface area contributed by atoms with E-state index in [0.717, 1.165) is 22.0 Å². The number of rotatable bonds is 4. The number of carbonyl (C=O) groups excluding carboxylic acids is 1. The van der Waals surface area contributed by atoms with E-state index in [0.29, 0.717) is 16.1 Å². The summed E-state index contributed by atoms with van der Waals surface area (Å²) in [5.41, 5.74) is 0.270. The number of alkyl halides is 3. The lowest BCUT2D eigenvalue weighted by molar-refractivity contribution is -0.137. The van der Waals surface area contributed by atoms with Crippen molar-refractivity contribution in [3.63, 3.8) is 0 Å². The summed E-state index contributed by atoms with van der Waals surface area (Å²) in [6, 6.07) is 8.75. The number of carbonyl (C=O) groups is 1. The molecule has 1 aromatic carbocycles. The van der Waals surface area contributed by atoms with Gasteiger partial charge in [-0.15, -0.1) is 22.7 Å². The fraction of sp³-hybridized carbons (Fsp3) is 0.176. The molecule has 0 saturated carbocycles. The van der Waals surface area contributed by atoms with Crippen LogP contribution in [0.1, 0.15) is 26.5 Å². The van der Waals surface area contributed by atoms with Gasteiger partial charge in [-0.2, -0.15) is 13.2 Å². The van der Waals surface area contributed by atoms with Crippen LogP contribution in [0, 0.1) is 6.92 Å². The van der Waals surface area contributed by atoms with Gasteiger partial charge in [-0.1, -0.05) is 18.2 Å². The van der Waals surface area contributed by atoms with E-state index in [1.165, 1.54) is 28.7 Å². The molecule has 0 spiro atoms. The van der Waals surface area contributed by atoms with Crippen molar-refractivity contribution >= 4 is 28.6 Å². The monoisotopic (exact) mass is 382 g/mol. The Hall–Kier alpha value is -2.19. The Balaban J connectivity index is 1.71. The molecule has 8 heteroatoms. The lowest BCUT2D eigenvalue weighted by atomic mass is 10.1. The number of aromatic nitrogens is 1. The van der Waals surface area contributed by atoms with Crippen molar-refractivity contribution in [3.8, 4) is 9.88 Å². The first-order valence-corrected chi connectivity index (χ1v) is 9.00. The number of nitrogens with zero attached hydrogens (tertiary/aromatic N) is 1. The normalized spacial score (nSPS) is 11.5. The van der Waals surface area contributed by atoms with Crippen LogP contribution in [0.2, 0.25) is 0 Å². The first kappa shape index (κ1) is 17.6. The van der Waals surface area contributed by atoms with Gasteiger partial charge in [-0.05, 0) is 36.1 Å². The molecule has 1 N–H and O–H groups in total. The average Bonchev–Trinajstić information content (AvgIpc) is 3.21. The van der Waals surface area contributed by atoms with Gasteiger partial charge in [0.15, 0.2) is 0 Å². The number of halogens is 3. The molecule has 25 heavy (non-hydrogen) atoms. The van der Waals surface area contributed by atoms with E-state index in [9.17, 15) is 18.0 Å². The standard InChI is InChI=1S/C17H13F3N2OS2/c1-10-14(25-16(22-10)13-6-3-7-24-13)15(23)21-9-11-4-2-5-12(8-11)17(18,19)20/h2-8H,9H2,1H3,(H,21,23). The second-order valence-electron chi connectivity index (χ2n) is 5.29. The maximum atomic E-state index is 12.7. The van der Waals surface area contributed by atoms with E-state index in [2.05, 4.69) is 10.3 Å². The van der Waals surface area contributed by atoms with E-state index < -0.39 is 11.7 Å². The van der Waals surface area contributed by atoms with Gasteiger partial charge >= 0.3 is 6.18 Å². The number of hydrogen-bond acceptors (Lipinski definition) is 4. The Bertz CT molecular complexity index is 886. The van der Waals surface area contributed by atoms with Crippen LogP contribution in [0.4, 0.5) is 13.2 Å². The summed E-state index contributed by atoms with van der Waals surface area (Å²) in [5.74, 6) is -0.338. The molecule has 0 aliphatic carbocycles. The molecule has 3 rings (SSSR count). The van der Waals surface area contributed by atoms with Crippen LogP contribution in [0.3, 0.4) is 0 Å². The molecule has 0 saturated heterocycles. The number of hydrogen-bond donors (Lipinski definition) is 1. The third kappa shape index (κ3) is 4.08. The number of benzene rings is 1. The van der Waals surface area contributed by atoms with Crippen molar-refractivity contribution in [1.82, 2.24) is 10.3 Å². The van der Waals surface area contributed by atoms with Crippen LogP contribution in [0.5, 0.6) is 0 Å². The van der Waals surface area contributed by atoms with Gasteiger partial charge < -0.3 is 5.32 Å². The molecule has 1 amide bonds. The van der Waals surface area contributed by atoms with Crippen LogP contribution in [0.25, 0.3) is 9.88 Å². The Morgan fingerprint density at radius 1 is 1.24 bits per heavy atom. The van der Waals surface area contributed by atoms with Crippen molar-refractivity contribution < 1.29 is 18.0 Å². The molecule has 0 radical (unpaired) electrons. The highest BCUT2D eigenvalue weighted by Gasteiger charge is 2.30.